The molecule has 10 nitrogen and oxygen atoms in total. The molecule has 0 atom stereocenters. The summed E-state index contributed by atoms with van der Waals surface area (Å²) >= 11 is 0. The number of hydrogen-bond acceptors (Lipinski definition) is 10. The molecule has 4 rings (SSSR count). The molecular weight excluding hydrogens is 400 g/mol. The Balaban J connectivity index is 1.42. The van der Waals surface area contributed by atoms with Crippen LogP contribution in [0.2, 0.25) is 0 Å². The number of morpholine rings is 2. The highest BCUT2D eigenvalue weighted by Crippen LogP contribution is 2.21. The summed E-state index contributed by atoms with van der Waals surface area (Å²) in [5.41, 5.74) is 0.657. The summed E-state index contributed by atoms with van der Waals surface area (Å²) in [6.07, 6.45) is 0. The normalized spacial score (nSPS) is 17.9. The molecule has 31 heavy (non-hydrogen) atoms. The smallest absolute Gasteiger partial charge is 0.218 e. The molecular formula is C21H28N6O4. The summed E-state index contributed by atoms with van der Waals surface area (Å²) in [5.74, 6) is 2.10. The van der Waals surface area contributed by atoms with E-state index in [9.17, 15) is 5.11 Å². The second kappa shape index (κ2) is 11.0. The molecule has 0 bridgehead atoms. The molecule has 10 heteroatoms. The van der Waals surface area contributed by atoms with E-state index in [0.717, 1.165) is 51.8 Å². The van der Waals surface area contributed by atoms with Crippen LogP contribution in [0.15, 0.2) is 40.6 Å². The van der Waals surface area contributed by atoms with Crippen LogP contribution in [-0.4, -0.2) is 85.7 Å². The third-order valence-electron chi connectivity index (χ3n) is 5.08. The van der Waals surface area contributed by atoms with Gasteiger partial charge in [-0.15, -0.1) is 0 Å². The minimum atomic E-state index is 0.194. The van der Waals surface area contributed by atoms with Crippen LogP contribution < -0.4 is 9.64 Å². The van der Waals surface area contributed by atoms with Crippen LogP contribution in [0.1, 0.15) is 5.82 Å². The van der Waals surface area contributed by atoms with Crippen molar-refractivity contribution in [1.29, 1.82) is 0 Å². The van der Waals surface area contributed by atoms with Gasteiger partial charge in [-0.25, -0.2) is 4.98 Å². The summed E-state index contributed by atoms with van der Waals surface area (Å²) in [6, 6.07) is 8.42. The van der Waals surface area contributed by atoms with E-state index in [1.54, 1.807) is 24.3 Å². The van der Waals surface area contributed by atoms with E-state index in [4.69, 9.17) is 14.2 Å². The SMILES string of the molecule is Oc1ccc(N=NCc2nc(OCCN3CCOCC3)cc(N3CCOCC3)n2)cc1. The monoisotopic (exact) mass is 428 g/mol. The zero-order valence-corrected chi connectivity index (χ0v) is 17.5. The second-order valence-electron chi connectivity index (χ2n) is 7.30. The lowest BCUT2D eigenvalue weighted by atomic mass is 10.3. The maximum atomic E-state index is 9.37. The molecule has 2 saturated heterocycles. The van der Waals surface area contributed by atoms with Crippen molar-refractivity contribution in [3.63, 3.8) is 0 Å². The van der Waals surface area contributed by atoms with Gasteiger partial charge in [0, 0.05) is 38.8 Å². The largest absolute Gasteiger partial charge is 0.508 e. The summed E-state index contributed by atoms with van der Waals surface area (Å²) in [7, 11) is 0. The maximum absolute atomic E-state index is 9.37. The molecule has 1 aromatic carbocycles. The zero-order valence-electron chi connectivity index (χ0n) is 17.5. The van der Waals surface area contributed by atoms with Crippen LogP contribution >= 0.6 is 0 Å². The van der Waals surface area contributed by atoms with Gasteiger partial charge in [0.15, 0.2) is 5.82 Å². The van der Waals surface area contributed by atoms with Crippen molar-refractivity contribution in [3.8, 4) is 11.6 Å². The fourth-order valence-corrected chi connectivity index (χ4v) is 3.36. The van der Waals surface area contributed by atoms with E-state index in [1.807, 2.05) is 6.07 Å². The van der Waals surface area contributed by atoms with Crippen molar-refractivity contribution >= 4 is 11.5 Å². The van der Waals surface area contributed by atoms with Crippen molar-refractivity contribution in [2.45, 2.75) is 6.54 Å². The van der Waals surface area contributed by atoms with Crippen LogP contribution in [0.4, 0.5) is 11.5 Å². The quantitative estimate of drug-likeness (QED) is 0.637. The van der Waals surface area contributed by atoms with Crippen molar-refractivity contribution in [3.05, 3.63) is 36.2 Å². The molecule has 1 aromatic heterocycles. The fourth-order valence-electron chi connectivity index (χ4n) is 3.36. The third kappa shape index (κ3) is 6.58. The Morgan fingerprint density at radius 1 is 0.968 bits per heavy atom. The van der Waals surface area contributed by atoms with Gasteiger partial charge in [-0.1, -0.05) is 0 Å². The van der Waals surface area contributed by atoms with E-state index in [-0.39, 0.29) is 12.3 Å². The van der Waals surface area contributed by atoms with Gasteiger partial charge < -0.3 is 24.2 Å². The molecule has 1 N–H and O–H groups in total. The van der Waals surface area contributed by atoms with E-state index < -0.39 is 0 Å². The van der Waals surface area contributed by atoms with E-state index in [2.05, 4.69) is 30.0 Å². The Hall–Kier alpha value is -2.82. The first kappa shape index (κ1) is 21.4. The molecule has 0 spiro atoms. The molecule has 166 valence electrons. The van der Waals surface area contributed by atoms with Crippen molar-refractivity contribution in [2.24, 2.45) is 10.2 Å². The average Bonchev–Trinajstić information content (AvgIpc) is 2.82. The molecule has 3 heterocycles. The standard InChI is InChI=1S/C21H28N6O4/c28-18-3-1-17(2-4-18)25-22-16-19-23-20(27-8-12-30-13-9-27)15-21(24-19)31-14-7-26-5-10-29-11-6-26/h1-4,15,28H,5-14,16H2. The van der Waals surface area contributed by atoms with Gasteiger partial charge in [-0.3, -0.25) is 4.90 Å². The summed E-state index contributed by atoms with van der Waals surface area (Å²) in [6.45, 7) is 7.90. The Morgan fingerprint density at radius 3 is 2.42 bits per heavy atom. The molecule has 2 aliphatic heterocycles. The lowest BCUT2D eigenvalue weighted by Crippen LogP contribution is -2.38. The summed E-state index contributed by atoms with van der Waals surface area (Å²) < 4.78 is 16.8. The van der Waals surface area contributed by atoms with Crippen molar-refractivity contribution < 1.29 is 19.3 Å². The van der Waals surface area contributed by atoms with Crippen molar-refractivity contribution in [1.82, 2.24) is 14.9 Å². The number of azo groups is 1. The van der Waals surface area contributed by atoms with Gasteiger partial charge in [0.2, 0.25) is 5.88 Å². The van der Waals surface area contributed by atoms with Crippen LogP contribution in [0.5, 0.6) is 11.6 Å². The van der Waals surface area contributed by atoms with Crippen molar-refractivity contribution in [2.75, 3.05) is 70.7 Å². The van der Waals surface area contributed by atoms with Gasteiger partial charge in [0.1, 0.15) is 24.7 Å². The summed E-state index contributed by atoms with van der Waals surface area (Å²) in [4.78, 5) is 13.7. The highest BCUT2D eigenvalue weighted by Gasteiger charge is 2.16. The Labute approximate surface area is 181 Å². The number of phenolic OH excluding ortho intramolecular Hbond substituents is 1. The fraction of sp³-hybridized carbons (Fsp3) is 0.524. The first-order chi connectivity index (χ1) is 15.3. The molecule has 0 aliphatic carbocycles. The lowest BCUT2D eigenvalue weighted by Gasteiger charge is -2.28. The molecule has 0 radical (unpaired) electrons. The Morgan fingerprint density at radius 2 is 1.68 bits per heavy atom. The van der Waals surface area contributed by atoms with Gasteiger partial charge in [-0.05, 0) is 24.3 Å². The number of nitrogens with zero attached hydrogens (tertiary/aromatic N) is 6. The highest BCUT2D eigenvalue weighted by molar-refractivity contribution is 5.42. The van der Waals surface area contributed by atoms with Gasteiger partial charge in [-0.2, -0.15) is 15.2 Å². The first-order valence-corrected chi connectivity index (χ1v) is 10.6. The molecule has 0 saturated carbocycles. The van der Waals surface area contributed by atoms with Gasteiger partial charge in [0.05, 0.1) is 32.1 Å². The number of anilines is 1. The van der Waals surface area contributed by atoms with Gasteiger partial charge >= 0.3 is 0 Å². The van der Waals surface area contributed by atoms with Gasteiger partial charge in [0.25, 0.3) is 0 Å². The molecule has 2 aliphatic rings. The van der Waals surface area contributed by atoms with E-state index >= 15 is 0 Å². The molecule has 0 amide bonds. The molecule has 0 unspecified atom stereocenters. The minimum absolute atomic E-state index is 0.194. The molecule has 2 aromatic rings. The first-order valence-electron chi connectivity index (χ1n) is 10.6. The average molecular weight is 428 g/mol. The summed E-state index contributed by atoms with van der Waals surface area (Å²) in [5, 5.41) is 17.8. The van der Waals surface area contributed by atoms with E-state index in [0.29, 0.717) is 37.2 Å². The number of benzene rings is 1. The number of rotatable bonds is 8. The minimum Gasteiger partial charge on any atom is -0.508 e. The number of hydrogen-bond donors (Lipinski definition) is 1. The molecule has 2 fully saturated rings. The number of ether oxygens (including phenoxy) is 3. The van der Waals surface area contributed by atoms with Crippen LogP contribution in [0.3, 0.4) is 0 Å². The Bertz CT molecular complexity index is 851. The number of aromatic hydroxyl groups is 1. The third-order valence-corrected chi connectivity index (χ3v) is 5.08. The lowest BCUT2D eigenvalue weighted by molar-refractivity contribution is 0.0320. The Kier molecular flexibility index (Phi) is 7.59. The van der Waals surface area contributed by atoms with Crippen LogP contribution in [0.25, 0.3) is 0 Å². The second-order valence-corrected chi connectivity index (χ2v) is 7.30. The maximum Gasteiger partial charge on any atom is 0.218 e. The highest BCUT2D eigenvalue weighted by atomic mass is 16.5. The van der Waals surface area contributed by atoms with Crippen LogP contribution in [-0.2, 0) is 16.0 Å². The predicted molar refractivity (Wildman–Crippen MR) is 114 cm³/mol. The number of phenols is 1. The van der Waals surface area contributed by atoms with E-state index in [1.165, 1.54) is 0 Å². The topological polar surface area (TPSA) is 105 Å². The van der Waals surface area contributed by atoms with Crippen LogP contribution in [0, 0.1) is 0 Å². The predicted octanol–water partition coefficient (Wildman–Crippen LogP) is 2.01. The number of aromatic nitrogens is 2. The zero-order chi connectivity index (χ0) is 21.3.